The maximum Gasteiger partial charge on any atom is 0.264 e. The van der Waals surface area contributed by atoms with Crippen molar-refractivity contribution in [1.82, 2.24) is 0 Å². The van der Waals surface area contributed by atoms with Gasteiger partial charge in [0.2, 0.25) is 5.92 Å². The minimum absolute atomic E-state index is 0.117. The van der Waals surface area contributed by atoms with Crippen LogP contribution in [0.25, 0.3) is 0 Å². The number of rotatable bonds is 3. The van der Waals surface area contributed by atoms with Gasteiger partial charge in [0.1, 0.15) is 0 Å². The summed E-state index contributed by atoms with van der Waals surface area (Å²) in [5.41, 5.74) is 0. The van der Waals surface area contributed by atoms with Crippen LogP contribution in [0.2, 0.25) is 0 Å². The molecule has 0 aromatic carbocycles. The fourth-order valence-electron chi connectivity index (χ4n) is 1.40. The summed E-state index contributed by atoms with van der Waals surface area (Å²) in [5, 5.41) is 0. The Morgan fingerprint density at radius 2 is 2.15 bits per heavy atom. The van der Waals surface area contributed by atoms with Gasteiger partial charge in [0, 0.05) is 12.8 Å². The Morgan fingerprint density at radius 3 is 2.54 bits per heavy atom. The Labute approximate surface area is 76.2 Å². The molecule has 0 aromatic rings. The highest BCUT2D eigenvalue weighted by molar-refractivity contribution is 7.85. The van der Waals surface area contributed by atoms with Crippen LogP contribution in [0.15, 0.2) is 0 Å². The summed E-state index contributed by atoms with van der Waals surface area (Å²) in [5.74, 6) is -2.96. The third-order valence-electron chi connectivity index (χ3n) is 2.02. The SMILES string of the molecule is CS(=O)(=O)OC[C@H]1CCC(F)(F)C1. The van der Waals surface area contributed by atoms with E-state index >= 15 is 0 Å². The van der Waals surface area contributed by atoms with E-state index < -0.39 is 16.0 Å². The lowest BCUT2D eigenvalue weighted by Crippen LogP contribution is -2.14. The molecule has 13 heavy (non-hydrogen) atoms. The van der Waals surface area contributed by atoms with Gasteiger partial charge in [-0.2, -0.15) is 8.42 Å². The van der Waals surface area contributed by atoms with Crippen LogP contribution >= 0.6 is 0 Å². The van der Waals surface area contributed by atoms with Crippen LogP contribution in [-0.2, 0) is 14.3 Å². The molecule has 0 bridgehead atoms. The Hall–Kier alpha value is -0.230. The molecule has 0 saturated heterocycles. The van der Waals surface area contributed by atoms with E-state index in [4.69, 9.17) is 0 Å². The van der Waals surface area contributed by atoms with Gasteiger partial charge in [0.15, 0.2) is 0 Å². The summed E-state index contributed by atoms with van der Waals surface area (Å²) in [7, 11) is -3.49. The maximum atomic E-state index is 12.6. The van der Waals surface area contributed by atoms with Gasteiger partial charge < -0.3 is 0 Å². The minimum atomic E-state index is -3.49. The highest BCUT2D eigenvalue weighted by atomic mass is 32.2. The first-order valence-corrected chi connectivity index (χ1v) is 5.82. The van der Waals surface area contributed by atoms with Gasteiger partial charge in [0.05, 0.1) is 12.9 Å². The molecule has 0 amide bonds. The van der Waals surface area contributed by atoms with Gasteiger partial charge in [0.25, 0.3) is 10.1 Å². The molecule has 3 nitrogen and oxygen atoms in total. The first-order valence-electron chi connectivity index (χ1n) is 4.01. The molecule has 78 valence electrons. The van der Waals surface area contributed by atoms with E-state index in [9.17, 15) is 17.2 Å². The summed E-state index contributed by atoms with van der Waals surface area (Å²) < 4.78 is 50.7. The van der Waals surface area contributed by atoms with Crippen LogP contribution in [0.4, 0.5) is 8.78 Å². The largest absolute Gasteiger partial charge is 0.270 e. The van der Waals surface area contributed by atoms with Crippen LogP contribution < -0.4 is 0 Å². The average Bonchev–Trinajstić information content (AvgIpc) is 2.24. The van der Waals surface area contributed by atoms with Crippen LogP contribution in [-0.4, -0.2) is 27.2 Å². The summed E-state index contributed by atoms with van der Waals surface area (Å²) in [6.45, 7) is -0.117. The highest BCUT2D eigenvalue weighted by Gasteiger charge is 2.39. The topological polar surface area (TPSA) is 43.4 Å². The Balaban J connectivity index is 2.34. The van der Waals surface area contributed by atoms with Crippen molar-refractivity contribution in [3.63, 3.8) is 0 Å². The van der Waals surface area contributed by atoms with E-state index in [0.29, 0.717) is 6.42 Å². The van der Waals surface area contributed by atoms with Crippen molar-refractivity contribution < 1.29 is 21.4 Å². The van der Waals surface area contributed by atoms with Crippen molar-refractivity contribution in [3.8, 4) is 0 Å². The normalized spacial score (nSPS) is 27.8. The zero-order chi connectivity index (χ0) is 10.1. The second-order valence-corrected chi connectivity index (χ2v) is 5.10. The molecule has 0 aliphatic heterocycles. The van der Waals surface area contributed by atoms with Gasteiger partial charge in [-0.15, -0.1) is 0 Å². The van der Waals surface area contributed by atoms with E-state index in [1.165, 1.54) is 0 Å². The van der Waals surface area contributed by atoms with Gasteiger partial charge in [-0.05, 0) is 12.3 Å². The Morgan fingerprint density at radius 1 is 1.54 bits per heavy atom. The smallest absolute Gasteiger partial charge is 0.264 e. The lowest BCUT2D eigenvalue weighted by atomic mass is 10.1. The Kier molecular flexibility index (Phi) is 2.91. The molecule has 0 N–H and O–H groups in total. The van der Waals surface area contributed by atoms with E-state index in [1.807, 2.05) is 0 Å². The molecule has 1 saturated carbocycles. The molecule has 0 spiro atoms. The monoisotopic (exact) mass is 214 g/mol. The molecular weight excluding hydrogens is 202 g/mol. The molecule has 1 fully saturated rings. The van der Waals surface area contributed by atoms with Crippen molar-refractivity contribution in [1.29, 1.82) is 0 Å². The lowest BCUT2D eigenvalue weighted by molar-refractivity contribution is 0.00301. The molecule has 1 aliphatic carbocycles. The van der Waals surface area contributed by atoms with Gasteiger partial charge in [-0.3, -0.25) is 4.18 Å². The van der Waals surface area contributed by atoms with Crippen LogP contribution in [0.3, 0.4) is 0 Å². The second kappa shape index (κ2) is 3.49. The van der Waals surface area contributed by atoms with Gasteiger partial charge >= 0.3 is 0 Å². The first kappa shape index (κ1) is 10.8. The van der Waals surface area contributed by atoms with Crippen molar-refractivity contribution in [2.24, 2.45) is 5.92 Å². The third-order valence-corrected chi connectivity index (χ3v) is 2.59. The fraction of sp³-hybridized carbons (Fsp3) is 1.00. The number of hydrogen-bond acceptors (Lipinski definition) is 3. The van der Waals surface area contributed by atoms with E-state index in [-0.39, 0.29) is 25.4 Å². The average molecular weight is 214 g/mol. The number of halogens is 2. The van der Waals surface area contributed by atoms with E-state index in [1.54, 1.807) is 0 Å². The summed E-state index contributed by atoms with van der Waals surface area (Å²) in [4.78, 5) is 0. The molecule has 1 rings (SSSR count). The van der Waals surface area contributed by atoms with E-state index in [0.717, 1.165) is 6.26 Å². The van der Waals surface area contributed by atoms with Crippen LogP contribution in [0.5, 0.6) is 0 Å². The van der Waals surface area contributed by atoms with Gasteiger partial charge in [-0.25, -0.2) is 8.78 Å². The number of alkyl halides is 2. The predicted molar refractivity (Wildman–Crippen MR) is 43.1 cm³/mol. The van der Waals surface area contributed by atoms with Gasteiger partial charge in [-0.1, -0.05) is 0 Å². The predicted octanol–water partition coefficient (Wildman–Crippen LogP) is 1.40. The molecule has 0 radical (unpaired) electrons. The van der Waals surface area contributed by atoms with Crippen molar-refractivity contribution in [2.75, 3.05) is 12.9 Å². The lowest BCUT2D eigenvalue weighted by Gasteiger charge is -2.09. The third kappa shape index (κ3) is 3.99. The van der Waals surface area contributed by atoms with Crippen LogP contribution in [0, 0.1) is 5.92 Å². The first-order chi connectivity index (χ1) is 5.79. The summed E-state index contributed by atoms with van der Waals surface area (Å²) in [6, 6.07) is 0. The maximum absolute atomic E-state index is 12.6. The minimum Gasteiger partial charge on any atom is -0.270 e. The second-order valence-electron chi connectivity index (χ2n) is 3.45. The Bertz CT molecular complexity index is 273. The highest BCUT2D eigenvalue weighted by Crippen LogP contribution is 2.38. The quantitative estimate of drug-likeness (QED) is 0.667. The molecular formula is C7H12F2O3S. The van der Waals surface area contributed by atoms with Crippen molar-refractivity contribution in [2.45, 2.75) is 25.2 Å². The number of hydrogen-bond donors (Lipinski definition) is 0. The molecule has 0 unspecified atom stereocenters. The summed E-state index contributed by atoms with van der Waals surface area (Å²) >= 11 is 0. The molecule has 1 aliphatic rings. The van der Waals surface area contributed by atoms with Crippen molar-refractivity contribution in [3.05, 3.63) is 0 Å². The standard InChI is InChI=1S/C7H12F2O3S/c1-13(10,11)12-5-6-2-3-7(8,9)4-6/h6H,2-5H2,1H3/t6-/m0/s1. The van der Waals surface area contributed by atoms with E-state index in [2.05, 4.69) is 4.18 Å². The zero-order valence-electron chi connectivity index (χ0n) is 7.29. The zero-order valence-corrected chi connectivity index (χ0v) is 8.11. The van der Waals surface area contributed by atoms with Crippen molar-refractivity contribution >= 4 is 10.1 Å². The molecule has 0 aromatic heterocycles. The molecule has 1 atom stereocenters. The summed E-state index contributed by atoms with van der Waals surface area (Å²) in [6.07, 6.45) is 0.829. The fourth-order valence-corrected chi connectivity index (χ4v) is 1.84. The molecule has 0 heterocycles. The molecule has 6 heteroatoms. The van der Waals surface area contributed by atoms with Crippen LogP contribution in [0.1, 0.15) is 19.3 Å².